The maximum atomic E-state index is 12.2. The summed E-state index contributed by atoms with van der Waals surface area (Å²) in [6, 6.07) is 7.04. The lowest BCUT2D eigenvalue weighted by molar-refractivity contribution is -0.153. The molecule has 0 aliphatic carbocycles. The van der Waals surface area contributed by atoms with Crippen molar-refractivity contribution in [3.05, 3.63) is 40.4 Å². The molecule has 1 aliphatic heterocycles. The number of nitrogens with one attached hydrogen (secondary N) is 1. The minimum atomic E-state index is -0.475. The van der Waals surface area contributed by atoms with Crippen molar-refractivity contribution in [2.75, 3.05) is 19.7 Å². The first kappa shape index (κ1) is 19.1. The molecule has 1 N–H and O–H groups in total. The number of aromatic nitrogens is 2. The van der Waals surface area contributed by atoms with E-state index >= 15 is 0 Å². The quantitative estimate of drug-likeness (QED) is 0.811. The summed E-state index contributed by atoms with van der Waals surface area (Å²) < 4.78 is 5.12. The van der Waals surface area contributed by atoms with Crippen molar-refractivity contribution in [3.8, 4) is 0 Å². The van der Waals surface area contributed by atoms with Crippen LogP contribution in [0.1, 0.15) is 32.5 Å². The van der Waals surface area contributed by atoms with Gasteiger partial charge in [-0.2, -0.15) is 0 Å². The molecule has 0 radical (unpaired) electrons. The average Bonchev–Trinajstić information content (AvgIpc) is 2.63. The number of carbonyl (C=O) groups excluding carboxylic acids is 2. The van der Waals surface area contributed by atoms with Crippen LogP contribution in [0.4, 0.5) is 0 Å². The Kier molecular flexibility index (Phi) is 5.88. The normalized spacial score (nSPS) is 19.9. The van der Waals surface area contributed by atoms with Crippen LogP contribution in [0.15, 0.2) is 29.1 Å². The fourth-order valence-corrected chi connectivity index (χ4v) is 3.65. The van der Waals surface area contributed by atoms with Crippen LogP contribution in [-0.4, -0.2) is 46.4 Å². The molecule has 0 unspecified atom stereocenters. The number of carbonyl (C=O) groups is 2. The van der Waals surface area contributed by atoms with Gasteiger partial charge in [0.25, 0.3) is 11.5 Å². The predicted octanol–water partition coefficient (Wildman–Crippen LogP) is 1.90. The van der Waals surface area contributed by atoms with Crippen LogP contribution in [0.25, 0.3) is 10.9 Å². The van der Waals surface area contributed by atoms with Gasteiger partial charge in [0, 0.05) is 19.5 Å². The monoisotopic (exact) mass is 371 g/mol. The molecule has 1 aromatic carbocycles. The van der Waals surface area contributed by atoms with E-state index in [1.54, 1.807) is 29.2 Å². The van der Waals surface area contributed by atoms with E-state index in [9.17, 15) is 14.4 Å². The molecule has 0 bridgehead atoms. The van der Waals surface area contributed by atoms with Gasteiger partial charge in [-0.1, -0.05) is 26.0 Å². The van der Waals surface area contributed by atoms with Crippen LogP contribution >= 0.6 is 0 Å². The molecule has 0 spiro atoms. The Hall–Kier alpha value is -2.70. The zero-order valence-electron chi connectivity index (χ0n) is 15.7. The number of H-pyrrole nitrogens is 1. The summed E-state index contributed by atoms with van der Waals surface area (Å²) in [5.74, 6) is 0.727. The molecule has 144 valence electrons. The molecule has 1 amide bonds. The van der Waals surface area contributed by atoms with E-state index in [0.29, 0.717) is 41.7 Å². The van der Waals surface area contributed by atoms with Crippen LogP contribution in [0, 0.1) is 11.8 Å². The number of piperidine rings is 1. The summed E-state index contributed by atoms with van der Waals surface area (Å²) >= 11 is 0. The topological polar surface area (TPSA) is 92.4 Å². The van der Waals surface area contributed by atoms with E-state index < -0.39 is 5.97 Å². The van der Waals surface area contributed by atoms with Gasteiger partial charge in [0.2, 0.25) is 0 Å². The largest absolute Gasteiger partial charge is 0.456 e. The third-order valence-electron chi connectivity index (χ3n) is 4.81. The summed E-state index contributed by atoms with van der Waals surface area (Å²) in [4.78, 5) is 45.1. The number of aryl methyl sites for hydroxylation is 1. The Balaban J connectivity index is 1.50. The van der Waals surface area contributed by atoms with E-state index in [2.05, 4.69) is 23.8 Å². The molecule has 7 nitrogen and oxygen atoms in total. The molecular weight excluding hydrogens is 346 g/mol. The Morgan fingerprint density at radius 1 is 1.22 bits per heavy atom. The Morgan fingerprint density at radius 3 is 2.67 bits per heavy atom. The Morgan fingerprint density at radius 2 is 1.93 bits per heavy atom. The lowest BCUT2D eigenvalue weighted by atomic mass is 9.92. The highest BCUT2D eigenvalue weighted by Gasteiger charge is 2.25. The minimum absolute atomic E-state index is 0.0569. The first-order valence-corrected chi connectivity index (χ1v) is 9.33. The number of hydrogen-bond acceptors (Lipinski definition) is 5. The third-order valence-corrected chi connectivity index (χ3v) is 4.81. The molecule has 0 saturated carbocycles. The van der Waals surface area contributed by atoms with Crippen LogP contribution < -0.4 is 5.56 Å². The first-order valence-electron chi connectivity index (χ1n) is 9.33. The van der Waals surface area contributed by atoms with Gasteiger partial charge in [0.05, 0.1) is 17.3 Å². The number of likely N-dealkylation sites (tertiary alicyclic amines) is 1. The number of aromatic amines is 1. The van der Waals surface area contributed by atoms with Gasteiger partial charge in [-0.05, 0) is 30.4 Å². The van der Waals surface area contributed by atoms with Gasteiger partial charge < -0.3 is 14.6 Å². The number of hydrogen-bond donors (Lipinski definition) is 1. The van der Waals surface area contributed by atoms with Crippen molar-refractivity contribution in [1.82, 2.24) is 14.9 Å². The van der Waals surface area contributed by atoms with E-state index in [4.69, 9.17) is 4.74 Å². The molecule has 1 fully saturated rings. The number of esters is 1. The fraction of sp³-hybridized carbons (Fsp3) is 0.500. The number of ether oxygens (including phenoxy) is 1. The molecular formula is C20H25N3O4. The third kappa shape index (κ3) is 4.93. The van der Waals surface area contributed by atoms with Gasteiger partial charge in [-0.15, -0.1) is 0 Å². The molecule has 27 heavy (non-hydrogen) atoms. The smallest absolute Gasteiger partial charge is 0.306 e. The lowest BCUT2D eigenvalue weighted by Gasteiger charge is -2.34. The first-order chi connectivity index (χ1) is 12.9. The molecule has 1 aliphatic rings. The standard InChI is InChI=1S/C20H25N3O4/c1-13-9-14(2)11-23(10-13)18(24)12-27-19(25)8-7-17-21-16-6-4-3-5-15(16)20(26)22-17/h3-6,13-14H,7-12H2,1-2H3,(H,21,22,26)/t13-,14-/m1/s1. The second-order valence-electron chi connectivity index (χ2n) is 7.44. The van der Waals surface area contributed by atoms with Crippen LogP contribution in [0.3, 0.4) is 0 Å². The van der Waals surface area contributed by atoms with Gasteiger partial charge in [-0.3, -0.25) is 14.4 Å². The van der Waals surface area contributed by atoms with Crippen molar-refractivity contribution in [2.45, 2.75) is 33.1 Å². The van der Waals surface area contributed by atoms with Crippen molar-refractivity contribution in [3.63, 3.8) is 0 Å². The van der Waals surface area contributed by atoms with Crippen molar-refractivity contribution >= 4 is 22.8 Å². The zero-order valence-corrected chi connectivity index (χ0v) is 15.7. The molecule has 2 atom stereocenters. The van der Waals surface area contributed by atoms with E-state index in [1.165, 1.54) is 0 Å². The highest BCUT2D eigenvalue weighted by atomic mass is 16.5. The van der Waals surface area contributed by atoms with Crippen molar-refractivity contribution in [2.24, 2.45) is 11.8 Å². The SMILES string of the molecule is C[C@@H]1C[C@@H](C)CN(C(=O)COC(=O)CCc2nc3ccccc3c(=O)[nH]2)C1. The number of para-hydroxylation sites is 1. The maximum Gasteiger partial charge on any atom is 0.306 e. The molecule has 1 saturated heterocycles. The second kappa shape index (κ2) is 8.33. The molecule has 7 heteroatoms. The molecule has 2 aromatic rings. The van der Waals surface area contributed by atoms with E-state index in [-0.39, 0.29) is 30.9 Å². The van der Waals surface area contributed by atoms with Gasteiger partial charge in [0.1, 0.15) is 5.82 Å². The van der Waals surface area contributed by atoms with Gasteiger partial charge in [-0.25, -0.2) is 4.98 Å². The number of benzene rings is 1. The summed E-state index contributed by atoms with van der Waals surface area (Å²) in [5.41, 5.74) is 0.362. The van der Waals surface area contributed by atoms with Crippen LogP contribution in [-0.2, 0) is 20.7 Å². The summed E-state index contributed by atoms with van der Waals surface area (Å²) in [7, 11) is 0. The highest BCUT2D eigenvalue weighted by Crippen LogP contribution is 2.20. The molecule has 1 aromatic heterocycles. The van der Waals surface area contributed by atoms with Crippen molar-refractivity contribution in [1.29, 1.82) is 0 Å². The van der Waals surface area contributed by atoms with Crippen LogP contribution in [0.5, 0.6) is 0 Å². The Bertz CT molecular complexity index is 882. The number of nitrogens with zero attached hydrogens (tertiary/aromatic N) is 2. The minimum Gasteiger partial charge on any atom is -0.456 e. The molecule has 2 heterocycles. The lowest BCUT2D eigenvalue weighted by Crippen LogP contribution is -2.44. The highest BCUT2D eigenvalue weighted by molar-refractivity contribution is 5.81. The molecule has 3 rings (SSSR count). The maximum absolute atomic E-state index is 12.2. The predicted molar refractivity (Wildman–Crippen MR) is 101 cm³/mol. The van der Waals surface area contributed by atoms with Gasteiger partial charge in [0.15, 0.2) is 6.61 Å². The average molecular weight is 371 g/mol. The Labute approximate surface area is 157 Å². The zero-order chi connectivity index (χ0) is 19.4. The number of rotatable bonds is 5. The van der Waals surface area contributed by atoms with Crippen molar-refractivity contribution < 1.29 is 14.3 Å². The summed E-state index contributed by atoms with van der Waals surface area (Å²) in [6.07, 6.45) is 1.42. The number of amides is 1. The summed E-state index contributed by atoms with van der Waals surface area (Å²) in [6.45, 7) is 5.43. The van der Waals surface area contributed by atoms with Crippen LogP contribution in [0.2, 0.25) is 0 Å². The fourth-order valence-electron chi connectivity index (χ4n) is 3.65. The van der Waals surface area contributed by atoms with E-state index in [0.717, 1.165) is 6.42 Å². The second-order valence-corrected chi connectivity index (χ2v) is 7.44. The van der Waals surface area contributed by atoms with E-state index in [1.807, 2.05) is 0 Å². The van der Waals surface area contributed by atoms with Gasteiger partial charge >= 0.3 is 5.97 Å². The summed E-state index contributed by atoms with van der Waals surface area (Å²) in [5, 5.41) is 0.513. The number of fused-ring (bicyclic) bond motifs is 1.